The molecule has 258 valence electrons. The number of ether oxygens (including phenoxy) is 2. The number of allylic oxidation sites excluding steroid dienone is 1. The summed E-state index contributed by atoms with van der Waals surface area (Å²) in [6, 6.07) is 7.18. The number of likely N-dealkylation sites (tertiary alicyclic amines) is 1. The van der Waals surface area contributed by atoms with Crippen LogP contribution in [0.25, 0.3) is 0 Å². The van der Waals surface area contributed by atoms with Crippen LogP contribution in [0.15, 0.2) is 55.6 Å². The van der Waals surface area contributed by atoms with Crippen molar-refractivity contribution in [2.45, 2.75) is 108 Å². The van der Waals surface area contributed by atoms with Gasteiger partial charge in [-0.15, -0.1) is 13.2 Å². The molecule has 1 aromatic rings. The van der Waals surface area contributed by atoms with Crippen LogP contribution in [0, 0.1) is 11.8 Å². The highest BCUT2D eigenvalue weighted by molar-refractivity contribution is 5.98. The zero-order valence-electron chi connectivity index (χ0n) is 28.5. The molecule has 3 saturated heterocycles. The molecule has 47 heavy (non-hydrogen) atoms. The average molecular weight is 652 g/mol. The van der Waals surface area contributed by atoms with E-state index >= 15 is 0 Å². The molecule has 3 fully saturated rings. The van der Waals surface area contributed by atoms with Gasteiger partial charge in [-0.1, -0.05) is 69.2 Å². The largest absolute Gasteiger partial charge is 0.455 e. The van der Waals surface area contributed by atoms with Crippen LogP contribution in [0.4, 0.5) is 0 Å². The SMILES string of the molecule is C=CCCC(=O)N(C)[C@H](C)[C@H](OC(=O)[C@@H]1[C@H]2C(=O)N([C@@H](CC)CO)[C@H](C(=O)N(CC=C)CCCCC)[C@]23CC[C@H]1O3)c1ccccc1. The van der Waals surface area contributed by atoms with Gasteiger partial charge in [-0.25, -0.2) is 0 Å². The van der Waals surface area contributed by atoms with Crippen LogP contribution in [0.3, 0.4) is 0 Å². The Kier molecular flexibility index (Phi) is 12.4. The zero-order chi connectivity index (χ0) is 34.3. The van der Waals surface area contributed by atoms with E-state index in [1.54, 1.807) is 29.0 Å². The van der Waals surface area contributed by atoms with Gasteiger partial charge in [0.15, 0.2) is 0 Å². The summed E-state index contributed by atoms with van der Waals surface area (Å²) in [6.45, 7) is 13.9. The quantitative estimate of drug-likeness (QED) is 0.142. The Labute approximate surface area is 279 Å². The van der Waals surface area contributed by atoms with Gasteiger partial charge in [-0.2, -0.15) is 0 Å². The molecule has 3 aliphatic rings. The van der Waals surface area contributed by atoms with Crippen molar-refractivity contribution in [2.75, 3.05) is 26.7 Å². The van der Waals surface area contributed by atoms with E-state index in [-0.39, 0.29) is 30.7 Å². The Morgan fingerprint density at radius 3 is 2.51 bits per heavy atom. The minimum absolute atomic E-state index is 0.0998. The number of aliphatic hydroxyl groups is 1. The molecule has 0 unspecified atom stereocenters. The van der Waals surface area contributed by atoms with Gasteiger partial charge in [0.2, 0.25) is 17.7 Å². The number of hydrogen-bond acceptors (Lipinski definition) is 7. The second kappa shape index (κ2) is 16.1. The predicted octanol–water partition coefficient (Wildman–Crippen LogP) is 4.43. The summed E-state index contributed by atoms with van der Waals surface area (Å²) in [7, 11) is 1.69. The van der Waals surface area contributed by atoms with Gasteiger partial charge in [-0.3, -0.25) is 19.2 Å². The lowest BCUT2D eigenvalue weighted by molar-refractivity contribution is -0.165. The van der Waals surface area contributed by atoms with Crippen molar-refractivity contribution in [1.29, 1.82) is 0 Å². The first-order chi connectivity index (χ1) is 22.6. The summed E-state index contributed by atoms with van der Waals surface area (Å²) in [5.74, 6) is -3.14. The minimum atomic E-state index is -1.21. The lowest BCUT2D eigenvalue weighted by atomic mass is 9.70. The summed E-state index contributed by atoms with van der Waals surface area (Å²) >= 11 is 0. The number of benzene rings is 1. The molecule has 1 aromatic carbocycles. The topological polar surface area (TPSA) is 117 Å². The maximum atomic E-state index is 14.5. The number of hydrogen-bond donors (Lipinski definition) is 1. The van der Waals surface area contributed by atoms with Crippen molar-refractivity contribution in [3.8, 4) is 0 Å². The van der Waals surface area contributed by atoms with Crippen LogP contribution < -0.4 is 0 Å². The van der Waals surface area contributed by atoms with Crippen LogP contribution >= 0.6 is 0 Å². The number of nitrogens with zero attached hydrogens (tertiary/aromatic N) is 3. The molecule has 0 radical (unpaired) electrons. The molecule has 8 atom stereocenters. The van der Waals surface area contributed by atoms with Crippen molar-refractivity contribution in [1.82, 2.24) is 14.7 Å². The van der Waals surface area contributed by atoms with Crippen LogP contribution in [-0.4, -0.2) is 100 Å². The maximum absolute atomic E-state index is 14.5. The highest BCUT2D eigenvalue weighted by Gasteiger charge is 2.75. The first kappa shape index (κ1) is 36.3. The predicted molar refractivity (Wildman–Crippen MR) is 179 cm³/mol. The molecule has 2 bridgehead atoms. The number of rotatable bonds is 18. The van der Waals surface area contributed by atoms with Gasteiger partial charge in [0.25, 0.3) is 0 Å². The van der Waals surface area contributed by atoms with Gasteiger partial charge < -0.3 is 29.3 Å². The number of carbonyl (C=O) groups is 4. The fourth-order valence-electron chi connectivity index (χ4n) is 7.74. The molecule has 10 heteroatoms. The smallest absolute Gasteiger partial charge is 0.313 e. The number of likely N-dealkylation sites (N-methyl/N-ethyl adjacent to an activating group) is 1. The minimum Gasteiger partial charge on any atom is -0.455 e. The highest BCUT2D eigenvalue weighted by Crippen LogP contribution is 2.59. The molecule has 0 aromatic heterocycles. The molecule has 3 amide bonds. The Morgan fingerprint density at radius 1 is 1.17 bits per heavy atom. The summed E-state index contributed by atoms with van der Waals surface area (Å²) < 4.78 is 12.9. The van der Waals surface area contributed by atoms with Crippen molar-refractivity contribution in [2.24, 2.45) is 11.8 Å². The number of aliphatic hydroxyl groups excluding tert-OH is 1. The third-order valence-electron chi connectivity index (χ3n) is 10.4. The van der Waals surface area contributed by atoms with E-state index in [0.29, 0.717) is 38.8 Å². The first-order valence-electron chi connectivity index (χ1n) is 17.2. The van der Waals surface area contributed by atoms with E-state index in [4.69, 9.17) is 9.47 Å². The maximum Gasteiger partial charge on any atom is 0.313 e. The van der Waals surface area contributed by atoms with Gasteiger partial charge in [0, 0.05) is 26.6 Å². The van der Waals surface area contributed by atoms with E-state index < -0.39 is 53.7 Å². The summed E-state index contributed by atoms with van der Waals surface area (Å²) in [5, 5.41) is 10.4. The Hall–Kier alpha value is -3.50. The molecule has 1 spiro atoms. The number of unbranched alkanes of at least 4 members (excludes halogenated alkanes) is 2. The molecule has 4 rings (SSSR count). The zero-order valence-corrected chi connectivity index (χ0v) is 28.5. The third-order valence-corrected chi connectivity index (χ3v) is 10.4. The molecule has 0 aliphatic carbocycles. The summed E-state index contributed by atoms with van der Waals surface area (Å²) in [5.41, 5.74) is -0.484. The van der Waals surface area contributed by atoms with Crippen LogP contribution in [0.1, 0.15) is 83.8 Å². The molecule has 10 nitrogen and oxygen atoms in total. The number of fused-ring (bicyclic) bond motifs is 1. The third kappa shape index (κ3) is 7.04. The van der Waals surface area contributed by atoms with Crippen LogP contribution in [0.5, 0.6) is 0 Å². The number of amides is 3. The van der Waals surface area contributed by atoms with Gasteiger partial charge >= 0.3 is 5.97 Å². The normalized spacial score (nSPS) is 26.3. The van der Waals surface area contributed by atoms with Gasteiger partial charge in [0.1, 0.15) is 17.7 Å². The lowest BCUT2D eigenvalue weighted by Gasteiger charge is -2.39. The molecule has 3 heterocycles. The molecular formula is C37H53N3O7. The fourth-order valence-corrected chi connectivity index (χ4v) is 7.74. The van der Waals surface area contributed by atoms with Crippen molar-refractivity contribution >= 4 is 23.7 Å². The standard InChI is InChI=1S/C37H53N3O7/c1-7-11-16-23-39(22-9-3)35(44)33-37-21-20-28(47-37)30(31(37)34(43)40(33)27(10-4)24-41)36(45)46-32(26-17-14-13-15-18-26)25(5)38(6)29(42)19-12-8-2/h8-9,13-15,17-18,25,27-28,30-33,41H,2-3,7,10-12,16,19-24H2,1,4-6H3/t25-,27+,28-,30+,31+,32+,33-,37+/m1/s1. The number of esters is 1. The van der Waals surface area contributed by atoms with Crippen LogP contribution in [-0.2, 0) is 28.7 Å². The average Bonchev–Trinajstić information content (AvgIpc) is 3.73. The van der Waals surface area contributed by atoms with Crippen molar-refractivity contribution in [3.05, 3.63) is 61.2 Å². The summed E-state index contributed by atoms with van der Waals surface area (Å²) in [4.78, 5) is 61.0. The molecule has 1 N–H and O–H groups in total. The second-order valence-corrected chi connectivity index (χ2v) is 13.2. The van der Waals surface area contributed by atoms with E-state index in [0.717, 1.165) is 24.8 Å². The Morgan fingerprint density at radius 2 is 1.89 bits per heavy atom. The highest BCUT2D eigenvalue weighted by atomic mass is 16.6. The van der Waals surface area contributed by atoms with E-state index in [9.17, 15) is 24.3 Å². The van der Waals surface area contributed by atoms with E-state index in [2.05, 4.69) is 20.1 Å². The van der Waals surface area contributed by atoms with Crippen molar-refractivity contribution in [3.63, 3.8) is 0 Å². The van der Waals surface area contributed by atoms with Gasteiger partial charge in [-0.05, 0) is 44.6 Å². The second-order valence-electron chi connectivity index (χ2n) is 13.2. The van der Waals surface area contributed by atoms with E-state index in [1.807, 2.05) is 44.2 Å². The molecule has 3 aliphatic heterocycles. The first-order valence-corrected chi connectivity index (χ1v) is 17.2. The summed E-state index contributed by atoms with van der Waals surface area (Å²) in [6.07, 6.45) is 6.95. The Balaban J connectivity index is 1.69. The van der Waals surface area contributed by atoms with Gasteiger partial charge in [0.05, 0.1) is 36.6 Å². The van der Waals surface area contributed by atoms with Crippen LogP contribution in [0.2, 0.25) is 0 Å². The Bertz CT molecular complexity index is 1280. The molecular weight excluding hydrogens is 598 g/mol. The fraction of sp³-hybridized carbons (Fsp3) is 0.622. The molecule has 0 saturated carbocycles. The van der Waals surface area contributed by atoms with E-state index in [1.165, 1.54) is 4.90 Å². The van der Waals surface area contributed by atoms with Crippen molar-refractivity contribution < 1.29 is 33.8 Å². The number of carbonyl (C=O) groups excluding carboxylic acids is 4. The lowest BCUT2D eigenvalue weighted by Crippen LogP contribution is -2.58. The monoisotopic (exact) mass is 651 g/mol.